The van der Waals surface area contributed by atoms with Crippen LogP contribution < -0.4 is 0 Å². The van der Waals surface area contributed by atoms with Gasteiger partial charge < -0.3 is 19.1 Å². The second-order valence-corrected chi connectivity index (χ2v) is 22.6. The molecule has 12 heteroatoms. The van der Waals surface area contributed by atoms with Crippen LogP contribution in [0.25, 0.3) is 0 Å². The highest BCUT2D eigenvalue weighted by Crippen LogP contribution is 2.30. The average molecular weight is 902 g/mol. The molecule has 2 aliphatic carbocycles. The number of piperazine rings is 4. The van der Waals surface area contributed by atoms with E-state index in [1.165, 1.54) is 163 Å². The number of morpholine rings is 1. The van der Waals surface area contributed by atoms with Gasteiger partial charge >= 0.3 is 0 Å². The highest BCUT2D eigenvalue weighted by Gasteiger charge is 2.35. The van der Waals surface area contributed by atoms with Gasteiger partial charge in [-0.05, 0) is 127 Å². The predicted molar refractivity (Wildman–Crippen MR) is 267 cm³/mol. The summed E-state index contributed by atoms with van der Waals surface area (Å²) in [7, 11) is 0. The smallest absolute Gasteiger partial charge is 0.0707 e. The maximum Gasteiger partial charge on any atom is 0.0707 e. The fourth-order valence-electron chi connectivity index (χ4n) is 11.0. The molecule has 2 unspecified atom stereocenters. The molecule has 0 radical (unpaired) electrons. The first-order valence-corrected chi connectivity index (χ1v) is 27.3. The Bertz CT molecular complexity index is 1200. The van der Waals surface area contributed by atoms with E-state index in [9.17, 15) is 0 Å². The minimum absolute atomic E-state index is 0.552. The largest absolute Gasteiger partial charge is 0.381 e. The first kappa shape index (κ1) is 52.9. The number of fused-ring (bicyclic) bond motifs is 2. The monoisotopic (exact) mass is 902 g/mol. The van der Waals surface area contributed by atoms with Crippen molar-refractivity contribution in [3.8, 4) is 0 Å². The van der Waals surface area contributed by atoms with E-state index in [1.54, 1.807) is 0 Å². The molecule has 64 heavy (non-hydrogen) atoms. The molecule has 10 rings (SSSR count). The van der Waals surface area contributed by atoms with Crippen LogP contribution in [0, 0.1) is 5.92 Å². The molecule has 0 N–H and O–H groups in total. The molecule has 8 saturated heterocycles. The Morgan fingerprint density at radius 3 is 1.05 bits per heavy atom. The van der Waals surface area contributed by atoms with Gasteiger partial charge in [-0.3, -0.25) is 39.2 Å². The lowest BCUT2D eigenvalue weighted by Gasteiger charge is -2.43. The van der Waals surface area contributed by atoms with Crippen LogP contribution in [0.15, 0.2) is 0 Å². The standard InChI is InChI=1S/C12H24N2O.C11H22N2.C10H20N2O.C10H20N2.C9H17NO/c1-11(2)13-5-7-14(8-6-13)12-3-9-15-10-4-12;1-10(2)13-7-5-12(6-8-13)9-11-3-4-11;1-9(2)11-3-5-12(6-4-11)10-7-13-8-10;1-9(2)11-5-7-12(8-6-11)10-3-4-10;1-7(2)10-5-8-3-4-9(6-10)11-8/h11-12H,3-10H2,1-2H3;10-11H,3-9H2,1-2H3;9-10H,3-8H2,1-2H3;9-10H,3-8H2,1-2H3;7-9H,3-6H2,1-2H3. The van der Waals surface area contributed by atoms with E-state index in [0.29, 0.717) is 30.3 Å². The van der Waals surface area contributed by atoms with Crippen molar-refractivity contribution in [1.82, 2.24) is 44.1 Å². The number of likely N-dealkylation sites (tertiary alicyclic amines) is 1. The van der Waals surface area contributed by atoms with E-state index in [2.05, 4.69) is 113 Å². The van der Waals surface area contributed by atoms with Crippen molar-refractivity contribution >= 4 is 0 Å². The Labute approximate surface area is 394 Å². The molecule has 8 heterocycles. The second-order valence-electron chi connectivity index (χ2n) is 22.6. The zero-order valence-electron chi connectivity index (χ0n) is 43.5. The quantitative estimate of drug-likeness (QED) is 0.280. The van der Waals surface area contributed by atoms with Gasteiger partial charge in [0.25, 0.3) is 0 Å². The van der Waals surface area contributed by atoms with Crippen molar-refractivity contribution in [3.63, 3.8) is 0 Å². The van der Waals surface area contributed by atoms with E-state index in [4.69, 9.17) is 14.2 Å². The zero-order valence-corrected chi connectivity index (χ0v) is 43.5. The highest BCUT2D eigenvalue weighted by molar-refractivity contribution is 4.89. The molecule has 0 aromatic carbocycles. The number of hydrogen-bond donors (Lipinski definition) is 0. The van der Waals surface area contributed by atoms with Crippen LogP contribution >= 0.6 is 0 Å². The third-order valence-corrected chi connectivity index (χ3v) is 16.3. The van der Waals surface area contributed by atoms with Crippen molar-refractivity contribution in [3.05, 3.63) is 0 Å². The highest BCUT2D eigenvalue weighted by atomic mass is 16.5. The maximum absolute atomic E-state index is 5.74. The summed E-state index contributed by atoms with van der Waals surface area (Å²) in [4.78, 5) is 23.4. The van der Waals surface area contributed by atoms with E-state index in [1.807, 2.05) is 0 Å². The van der Waals surface area contributed by atoms with E-state index < -0.39 is 0 Å². The Balaban J connectivity index is 0.000000133. The van der Waals surface area contributed by atoms with Crippen LogP contribution in [0.1, 0.15) is 121 Å². The van der Waals surface area contributed by atoms with Crippen molar-refractivity contribution in [2.75, 3.05) is 151 Å². The Morgan fingerprint density at radius 2 is 0.719 bits per heavy atom. The molecule has 0 amide bonds. The summed E-state index contributed by atoms with van der Waals surface area (Å²) in [5, 5.41) is 0. The topological polar surface area (TPSA) is 56.9 Å². The van der Waals surface area contributed by atoms with Gasteiger partial charge in [-0.15, -0.1) is 0 Å². The molecular weight excluding hydrogens is 799 g/mol. The van der Waals surface area contributed by atoms with E-state index in [-0.39, 0.29) is 0 Å². The number of hydrogen-bond acceptors (Lipinski definition) is 12. The Kier molecular flexibility index (Phi) is 22.4. The maximum atomic E-state index is 5.74. The average Bonchev–Trinajstić information content (AvgIpc) is 4.24. The Hall–Kier alpha value is -0.480. The van der Waals surface area contributed by atoms with Crippen molar-refractivity contribution in [1.29, 1.82) is 0 Å². The van der Waals surface area contributed by atoms with Crippen molar-refractivity contribution in [2.24, 2.45) is 5.92 Å². The lowest BCUT2D eigenvalue weighted by molar-refractivity contribution is -0.0787. The van der Waals surface area contributed by atoms with Crippen LogP contribution in [-0.2, 0) is 14.2 Å². The summed E-state index contributed by atoms with van der Waals surface area (Å²) < 4.78 is 16.4. The normalized spacial score (nSPS) is 29.5. The number of rotatable bonds is 10. The minimum Gasteiger partial charge on any atom is -0.381 e. The summed E-state index contributed by atoms with van der Waals surface area (Å²) in [6.07, 6.45) is 12.1. The molecular formula is C52H103N9O3. The molecule has 8 aliphatic heterocycles. The summed E-state index contributed by atoms with van der Waals surface area (Å²) in [6, 6.07) is 6.10. The first-order chi connectivity index (χ1) is 30.8. The van der Waals surface area contributed by atoms with Gasteiger partial charge in [0.05, 0.1) is 31.5 Å². The fourth-order valence-corrected chi connectivity index (χ4v) is 11.0. The summed E-state index contributed by atoms with van der Waals surface area (Å²) in [5.74, 6) is 1.06. The third kappa shape index (κ3) is 17.8. The lowest BCUT2D eigenvalue weighted by Crippen LogP contribution is -2.57. The van der Waals surface area contributed by atoms with Crippen LogP contribution in [0.3, 0.4) is 0 Å². The van der Waals surface area contributed by atoms with Crippen LogP contribution in [0.5, 0.6) is 0 Å². The summed E-state index contributed by atoms with van der Waals surface area (Å²) >= 11 is 0. The SMILES string of the molecule is CC(C)N1CC2CCC(C1)O2.CC(C)N1CCN(C2CC2)CC1.CC(C)N1CCN(C2CCOCC2)CC1.CC(C)N1CCN(C2COC2)CC1.CC(C)N1CCN(CC2CC2)CC1. The van der Waals surface area contributed by atoms with Crippen molar-refractivity contribution in [2.45, 2.75) is 181 Å². The Morgan fingerprint density at radius 1 is 0.359 bits per heavy atom. The molecule has 2 bridgehead atoms. The number of ether oxygens (including phenoxy) is 3. The molecule has 0 aromatic heterocycles. The molecule has 0 aromatic rings. The number of nitrogens with zero attached hydrogens (tertiary/aromatic N) is 9. The van der Waals surface area contributed by atoms with Crippen LogP contribution in [-0.4, -0.2) is 255 Å². The molecule has 10 fully saturated rings. The molecule has 374 valence electrons. The molecule has 0 spiro atoms. The van der Waals surface area contributed by atoms with E-state index in [0.717, 1.165) is 75.6 Å². The molecule has 2 atom stereocenters. The van der Waals surface area contributed by atoms with Gasteiger partial charge in [-0.2, -0.15) is 0 Å². The first-order valence-electron chi connectivity index (χ1n) is 27.3. The molecule has 10 aliphatic rings. The third-order valence-electron chi connectivity index (χ3n) is 16.3. The molecule has 12 nitrogen and oxygen atoms in total. The van der Waals surface area contributed by atoms with Crippen molar-refractivity contribution < 1.29 is 14.2 Å². The predicted octanol–water partition coefficient (Wildman–Crippen LogP) is 5.46. The van der Waals surface area contributed by atoms with Gasteiger partial charge in [-0.1, -0.05) is 0 Å². The molecule has 2 saturated carbocycles. The van der Waals surface area contributed by atoms with Gasteiger partial charge in [0.1, 0.15) is 0 Å². The van der Waals surface area contributed by atoms with Gasteiger partial charge in [0, 0.05) is 180 Å². The summed E-state index contributed by atoms with van der Waals surface area (Å²) in [6.45, 7) is 50.7. The van der Waals surface area contributed by atoms with Crippen LogP contribution in [0.4, 0.5) is 0 Å². The lowest BCUT2D eigenvalue weighted by atomic mass is 10.1. The van der Waals surface area contributed by atoms with Crippen LogP contribution in [0.2, 0.25) is 0 Å². The van der Waals surface area contributed by atoms with Gasteiger partial charge in [-0.25, -0.2) is 0 Å². The van der Waals surface area contributed by atoms with E-state index >= 15 is 0 Å². The fraction of sp³-hybridized carbons (Fsp3) is 1.00. The van der Waals surface area contributed by atoms with Gasteiger partial charge in [0.2, 0.25) is 0 Å². The zero-order chi connectivity index (χ0) is 45.6. The summed E-state index contributed by atoms with van der Waals surface area (Å²) in [5.41, 5.74) is 0. The second kappa shape index (κ2) is 27.1. The van der Waals surface area contributed by atoms with Gasteiger partial charge in [0.15, 0.2) is 0 Å². The minimum atomic E-state index is 0.552.